The number of nitrogens with one attached hydrogen (secondary N) is 2. The van der Waals surface area contributed by atoms with Crippen LogP contribution in [0.4, 0.5) is 5.69 Å². The SMILES string of the molecule is NC(=O)COc1ccc(NC(=O)C2CCCNC2)cc1. The van der Waals surface area contributed by atoms with E-state index in [0.29, 0.717) is 11.4 Å². The Bertz CT molecular complexity index is 467. The van der Waals surface area contributed by atoms with Crippen LogP contribution in [0.25, 0.3) is 0 Å². The van der Waals surface area contributed by atoms with Crippen LogP contribution in [0.5, 0.6) is 5.75 Å². The maximum Gasteiger partial charge on any atom is 0.255 e. The van der Waals surface area contributed by atoms with E-state index in [4.69, 9.17) is 10.5 Å². The van der Waals surface area contributed by atoms with E-state index in [1.54, 1.807) is 24.3 Å². The highest BCUT2D eigenvalue weighted by Crippen LogP contribution is 2.18. The molecule has 20 heavy (non-hydrogen) atoms. The molecule has 1 aliphatic rings. The van der Waals surface area contributed by atoms with Gasteiger partial charge in [0.2, 0.25) is 5.91 Å². The van der Waals surface area contributed by atoms with E-state index < -0.39 is 5.91 Å². The van der Waals surface area contributed by atoms with E-state index in [-0.39, 0.29) is 18.4 Å². The van der Waals surface area contributed by atoms with Crippen molar-refractivity contribution in [2.45, 2.75) is 12.8 Å². The summed E-state index contributed by atoms with van der Waals surface area (Å²) >= 11 is 0. The van der Waals surface area contributed by atoms with Crippen LogP contribution >= 0.6 is 0 Å². The van der Waals surface area contributed by atoms with Gasteiger partial charge in [0.05, 0.1) is 5.92 Å². The molecule has 0 aliphatic carbocycles. The van der Waals surface area contributed by atoms with Crippen LogP contribution < -0.4 is 21.1 Å². The second kappa shape index (κ2) is 6.91. The number of hydrogen-bond acceptors (Lipinski definition) is 4. The molecule has 1 aromatic rings. The number of amides is 2. The monoisotopic (exact) mass is 277 g/mol. The predicted octanol–water partition coefficient (Wildman–Crippen LogP) is 0.489. The largest absolute Gasteiger partial charge is 0.484 e. The van der Waals surface area contributed by atoms with E-state index in [2.05, 4.69) is 10.6 Å². The zero-order chi connectivity index (χ0) is 14.4. The summed E-state index contributed by atoms with van der Waals surface area (Å²) in [5.74, 6) is 0.0749. The summed E-state index contributed by atoms with van der Waals surface area (Å²) in [6.07, 6.45) is 1.94. The number of nitrogens with two attached hydrogens (primary N) is 1. The molecule has 2 amide bonds. The van der Waals surface area contributed by atoms with Crippen molar-refractivity contribution < 1.29 is 14.3 Å². The predicted molar refractivity (Wildman–Crippen MR) is 75.4 cm³/mol. The summed E-state index contributed by atoms with van der Waals surface area (Å²) in [7, 11) is 0. The van der Waals surface area contributed by atoms with E-state index in [1.807, 2.05) is 0 Å². The Morgan fingerprint density at radius 2 is 2.10 bits per heavy atom. The Hall–Kier alpha value is -2.08. The van der Waals surface area contributed by atoms with Crippen molar-refractivity contribution in [1.82, 2.24) is 5.32 Å². The number of benzene rings is 1. The van der Waals surface area contributed by atoms with Gasteiger partial charge in [-0.3, -0.25) is 9.59 Å². The zero-order valence-electron chi connectivity index (χ0n) is 11.2. The molecule has 108 valence electrons. The number of carbonyl (C=O) groups excluding carboxylic acids is 2. The first kappa shape index (κ1) is 14.3. The van der Waals surface area contributed by atoms with E-state index in [0.717, 1.165) is 25.9 Å². The third-order valence-electron chi connectivity index (χ3n) is 3.17. The van der Waals surface area contributed by atoms with Gasteiger partial charge in [-0.1, -0.05) is 0 Å². The molecule has 4 N–H and O–H groups in total. The molecular formula is C14H19N3O3. The van der Waals surface area contributed by atoms with Crippen molar-refractivity contribution in [2.24, 2.45) is 11.7 Å². The highest BCUT2D eigenvalue weighted by atomic mass is 16.5. The average Bonchev–Trinajstić information content (AvgIpc) is 2.47. The Kier molecular flexibility index (Phi) is 4.95. The van der Waals surface area contributed by atoms with Crippen LogP contribution in [0.1, 0.15) is 12.8 Å². The molecule has 6 heteroatoms. The van der Waals surface area contributed by atoms with Crippen molar-refractivity contribution >= 4 is 17.5 Å². The van der Waals surface area contributed by atoms with Crippen molar-refractivity contribution in [3.63, 3.8) is 0 Å². The number of ether oxygens (including phenoxy) is 1. The van der Waals surface area contributed by atoms with Gasteiger partial charge in [-0.25, -0.2) is 0 Å². The fraction of sp³-hybridized carbons (Fsp3) is 0.429. The number of hydrogen-bond donors (Lipinski definition) is 3. The standard InChI is InChI=1S/C14H19N3O3/c15-13(18)9-20-12-5-3-11(4-6-12)17-14(19)10-2-1-7-16-8-10/h3-6,10,16H,1-2,7-9H2,(H2,15,18)(H,17,19). The second-order valence-electron chi connectivity index (χ2n) is 4.81. The summed E-state index contributed by atoms with van der Waals surface area (Å²) in [6, 6.07) is 6.87. The molecule has 1 aromatic carbocycles. The molecular weight excluding hydrogens is 258 g/mol. The Morgan fingerprint density at radius 3 is 2.70 bits per heavy atom. The van der Waals surface area contributed by atoms with Crippen LogP contribution in [0.2, 0.25) is 0 Å². The van der Waals surface area contributed by atoms with E-state index >= 15 is 0 Å². The number of piperidine rings is 1. The van der Waals surface area contributed by atoms with Gasteiger partial charge in [0.25, 0.3) is 5.91 Å². The molecule has 0 aromatic heterocycles. The first-order valence-electron chi connectivity index (χ1n) is 6.68. The summed E-state index contributed by atoms with van der Waals surface area (Å²) < 4.78 is 5.15. The normalized spacial score (nSPS) is 18.3. The molecule has 0 saturated carbocycles. The molecule has 6 nitrogen and oxygen atoms in total. The first-order valence-corrected chi connectivity index (χ1v) is 6.68. The van der Waals surface area contributed by atoms with Gasteiger partial charge in [0.15, 0.2) is 6.61 Å². The van der Waals surface area contributed by atoms with Gasteiger partial charge in [-0.15, -0.1) is 0 Å². The Morgan fingerprint density at radius 1 is 1.35 bits per heavy atom. The van der Waals surface area contributed by atoms with Crippen molar-refractivity contribution in [3.8, 4) is 5.75 Å². The molecule has 1 heterocycles. The highest BCUT2D eigenvalue weighted by Gasteiger charge is 2.20. The topological polar surface area (TPSA) is 93.5 Å². The fourth-order valence-corrected chi connectivity index (χ4v) is 2.11. The zero-order valence-corrected chi connectivity index (χ0v) is 11.2. The quantitative estimate of drug-likeness (QED) is 0.730. The lowest BCUT2D eigenvalue weighted by molar-refractivity contribution is -0.120. The Labute approximate surface area is 117 Å². The van der Waals surface area contributed by atoms with Crippen LogP contribution in [0.15, 0.2) is 24.3 Å². The molecule has 0 bridgehead atoms. The van der Waals surface area contributed by atoms with E-state index in [9.17, 15) is 9.59 Å². The fourth-order valence-electron chi connectivity index (χ4n) is 2.11. The molecule has 1 atom stereocenters. The molecule has 1 saturated heterocycles. The van der Waals surface area contributed by atoms with Gasteiger partial charge in [-0.05, 0) is 43.7 Å². The highest BCUT2D eigenvalue weighted by molar-refractivity contribution is 5.92. The average molecular weight is 277 g/mol. The maximum atomic E-state index is 12.0. The van der Waals surface area contributed by atoms with Crippen LogP contribution in [0.3, 0.4) is 0 Å². The van der Waals surface area contributed by atoms with Gasteiger partial charge in [0.1, 0.15) is 5.75 Å². The molecule has 2 rings (SSSR count). The number of carbonyl (C=O) groups is 2. The van der Waals surface area contributed by atoms with Crippen molar-refractivity contribution in [2.75, 3.05) is 25.0 Å². The van der Waals surface area contributed by atoms with Crippen LogP contribution in [0, 0.1) is 5.92 Å². The third kappa shape index (κ3) is 4.24. The number of rotatable bonds is 5. The minimum absolute atomic E-state index is 0.0227. The summed E-state index contributed by atoms with van der Waals surface area (Å²) in [4.78, 5) is 22.6. The Balaban J connectivity index is 1.86. The van der Waals surface area contributed by atoms with Gasteiger partial charge in [-0.2, -0.15) is 0 Å². The molecule has 1 aliphatic heterocycles. The number of anilines is 1. The summed E-state index contributed by atoms with van der Waals surface area (Å²) in [5.41, 5.74) is 5.71. The minimum Gasteiger partial charge on any atom is -0.484 e. The minimum atomic E-state index is -0.521. The summed E-state index contributed by atoms with van der Waals surface area (Å²) in [6.45, 7) is 1.56. The second-order valence-corrected chi connectivity index (χ2v) is 4.81. The molecule has 0 spiro atoms. The first-order chi connectivity index (χ1) is 9.65. The lowest BCUT2D eigenvalue weighted by Gasteiger charge is -2.21. The van der Waals surface area contributed by atoms with Gasteiger partial charge >= 0.3 is 0 Å². The lowest BCUT2D eigenvalue weighted by atomic mass is 9.99. The molecule has 1 unspecified atom stereocenters. The smallest absolute Gasteiger partial charge is 0.255 e. The van der Waals surface area contributed by atoms with Gasteiger partial charge < -0.3 is 21.1 Å². The maximum absolute atomic E-state index is 12.0. The van der Waals surface area contributed by atoms with Crippen LogP contribution in [-0.4, -0.2) is 31.5 Å². The molecule has 0 radical (unpaired) electrons. The van der Waals surface area contributed by atoms with E-state index in [1.165, 1.54) is 0 Å². The van der Waals surface area contributed by atoms with Crippen LogP contribution in [-0.2, 0) is 9.59 Å². The summed E-state index contributed by atoms with van der Waals surface area (Å²) in [5, 5.41) is 6.09. The molecule has 1 fully saturated rings. The number of primary amides is 1. The van der Waals surface area contributed by atoms with Crippen molar-refractivity contribution in [1.29, 1.82) is 0 Å². The van der Waals surface area contributed by atoms with Gasteiger partial charge in [0, 0.05) is 12.2 Å². The lowest BCUT2D eigenvalue weighted by Crippen LogP contribution is -2.37. The third-order valence-corrected chi connectivity index (χ3v) is 3.17. The van der Waals surface area contributed by atoms with Crippen molar-refractivity contribution in [3.05, 3.63) is 24.3 Å².